The molecular weight excluding hydrogens is 262 g/mol. The lowest BCUT2D eigenvalue weighted by Gasteiger charge is -2.00. The standard InChI is InChI=1S/C9H9N3O3S2/c10-6-1-3-7(4-2-6)17(14,15)12-9-11-8(13)5-16-9/h1-4H,5,10H2,(H,11,12,13). The lowest BCUT2D eigenvalue weighted by Crippen LogP contribution is -2.21. The molecule has 8 heteroatoms. The van der Waals surface area contributed by atoms with Crippen LogP contribution in [0.15, 0.2) is 33.6 Å². The number of nitrogen functional groups attached to an aromatic ring is 1. The van der Waals surface area contributed by atoms with E-state index in [0.717, 1.165) is 11.8 Å². The van der Waals surface area contributed by atoms with E-state index in [1.165, 1.54) is 24.3 Å². The Morgan fingerprint density at radius 2 is 1.94 bits per heavy atom. The predicted molar refractivity (Wildman–Crippen MR) is 66.1 cm³/mol. The maximum absolute atomic E-state index is 11.8. The molecule has 6 nitrogen and oxygen atoms in total. The van der Waals surface area contributed by atoms with Crippen LogP contribution in [0.2, 0.25) is 0 Å². The van der Waals surface area contributed by atoms with Gasteiger partial charge in [0.05, 0.1) is 10.6 Å². The van der Waals surface area contributed by atoms with Gasteiger partial charge in [0.1, 0.15) is 0 Å². The van der Waals surface area contributed by atoms with Gasteiger partial charge in [-0.2, -0.15) is 8.42 Å². The normalized spacial score (nSPS) is 18.4. The quantitative estimate of drug-likeness (QED) is 0.747. The van der Waals surface area contributed by atoms with E-state index in [0.29, 0.717) is 5.69 Å². The molecule has 1 heterocycles. The molecule has 1 aliphatic heterocycles. The van der Waals surface area contributed by atoms with Crippen molar-refractivity contribution < 1.29 is 13.2 Å². The minimum Gasteiger partial charge on any atom is -0.399 e. The Morgan fingerprint density at radius 1 is 1.29 bits per heavy atom. The second-order valence-corrected chi connectivity index (χ2v) is 5.85. The van der Waals surface area contributed by atoms with Crippen molar-refractivity contribution >= 4 is 38.5 Å². The molecule has 3 N–H and O–H groups in total. The fourth-order valence-electron chi connectivity index (χ4n) is 1.18. The van der Waals surface area contributed by atoms with E-state index >= 15 is 0 Å². The summed E-state index contributed by atoms with van der Waals surface area (Å²) in [6, 6.07) is 5.70. The van der Waals surface area contributed by atoms with Crippen LogP contribution in [-0.2, 0) is 14.8 Å². The van der Waals surface area contributed by atoms with E-state index in [1.807, 2.05) is 0 Å². The lowest BCUT2D eigenvalue weighted by atomic mass is 10.3. The van der Waals surface area contributed by atoms with Crippen LogP contribution in [0.5, 0.6) is 0 Å². The van der Waals surface area contributed by atoms with Gasteiger partial charge in [0.25, 0.3) is 10.0 Å². The van der Waals surface area contributed by atoms with Crippen molar-refractivity contribution in [3.05, 3.63) is 24.3 Å². The number of nitrogens with zero attached hydrogens (tertiary/aromatic N) is 1. The summed E-state index contributed by atoms with van der Waals surface area (Å²) in [5, 5.41) is 2.46. The Bertz CT molecular complexity index is 578. The van der Waals surface area contributed by atoms with E-state index in [9.17, 15) is 13.2 Å². The van der Waals surface area contributed by atoms with Crippen molar-refractivity contribution in [2.45, 2.75) is 4.90 Å². The number of carbonyl (C=O) groups is 1. The summed E-state index contributed by atoms with van der Waals surface area (Å²) in [5.74, 6) is -0.0583. The molecule has 1 aromatic carbocycles. The van der Waals surface area contributed by atoms with Gasteiger partial charge in [-0.3, -0.25) is 4.79 Å². The second-order valence-electron chi connectivity index (χ2n) is 3.28. The molecular formula is C9H9N3O3S2. The third kappa shape index (κ3) is 2.77. The number of amides is 1. The zero-order valence-corrected chi connectivity index (χ0v) is 10.2. The van der Waals surface area contributed by atoms with Crippen LogP contribution in [-0.4, -0.2) is 25.2 Å². The molecule has 0 unspecified atom stereocenters. The van der Waals surface area contributed by atoms with E-state index in [1.54, 1.807) is 0 Å². The Labute approximate surface area is 102 Å². The molecule has 0 saturated carbocycles. The van der Waals surface area contributed by atoms with E-state index in [2.05, 4.69) is 9.71 Å². The van der Waals surface area contributed by atoms with E-state index in [4.69, 9.17) is 5.73 Å². The summed E-state index contributed by atoms with van der Waals surface area (Å²) >= 11 is 1.06. The monoisotopic (exact) mass is 271 g/mol. The van der Waals surface area contributed by atoms with Crippen LogP contribution in [0.4, 0.5) is 5.69 Å². The first-order valence-corrected chi connectivity index (χ1v) is 7.03. The van der Waals surface area contributed by atoms with Crippen molar-refractivity contribution in [1.29, 1.82) is 0 Å². The Kier molecular flexibility index (Phi) is 3.07. The summed E-state index contributed by atoms with van der Waals surface area (Å²) < 4.78 is 27.2. The van der Waals surface area contributed by atoms with Crippen molar-refractivity contribution in [2.75, 3.05) is 11.5 Å². The molecule has 1 saturated heterocycles. The highest BCUT2D eigenvalue weighted by atomic mass is 32.2. The number of benzene rings is 1. The number of nitrogens with two attached hydrogens (primary N) is 1. The van der Waals surface area contributed by atoms with E-state index in [-0.39, 0.29) is 21.7 Å². The average Bonchev–Trinajstić information content (AvgIpc) is 2.63. The Balaban J connectivity index is 2.31. The largest absolute Gasteiger partial charge is 0.399 e. The van der Waals surface area contributed by atoms with Crippen LogP contribution in [0, 0.1) is 0 Å². The first-order chi connectivity index (χ1) is 7.97. The molecule has 90 valence electrons. The number of hydrogen-bond acceptors (Lipinski definition) is 5. The summed E-state index contributed by atoms with van der Waals surface area (Å²) in [6.07, 6.45) is 0. The molecule has 0 spiro atoms. The van der Waals surface area contributed by atoms with Gasteiger partial charge in [-0.25, -0.2) is 0 Å². The zero-order valence-electron chi connectivity index (χ0n) is 8.58. The maximum atomic E-state index is 11.8. The van der Waals surface area contributed by atoms with Gasteiger partial charge in [-0.1, -0.05) is 11.8 Å². The van der Waals surface area contributed by atoms with Gasteiger partial charge in [0, 0.05) is 5.69 Å². The zero-order chi connectivity index (χ0) is 12.5. The number of amidine groups is 1. The minimum absolute atomic E-state index is 0.0425. The Morgan fingerprint density at radius 3 is 2.47 bits per heavy atom. The second kappa shape index (κ2) is 4.38. The van der Waals surface area contributed by atoms with Gasteiger partial charge in [-0.05, 0) is 24.3 Å². The molecule has 1 amide bonds. The first kappa shape index (κ1) is 11.9. The summed E-state index contributed by atoms with van der Waals surface area (Å²) in [4.78, 5) is 10.9. The molecule has 1 fully saturated rings. The molecule has 1 aliphatic rings. The van der Waals surface area contributed by atoms with Gasteiger partial charge in [-0.15, -0.1) is 4.40 Å². The van der Waals surface area contributed by atoms with Crippen LogP contribution < -0.4 is 11.1 Å². The smallest absolute Gasteiger partial charge is 0.284 e. The third-order valence-electron chi connectivity index (χ3n) is 1.97. The van der Waals surface area contributed by atoms with Crippen molar-refractivity contribution in [3.8, 4) is 0 Å². The van der Waals surface area contributed by atoms with Crippen molar-refractivity contribution in [2.24, 2.45) is 4.40 Å². The average molecular weight is 271 g/mol. The van der Waals surface area contributed by atoms with Gasteiger partial charge >= 0.3 is 0 Å². The molecule has 0 atom stereocenters. The summed E-state index contributed by atoms with van der Waals surface area (Å²) in [5.41, 5.74) is 5.93. The molecule has 0 aliphatic carbocycles. The first-order valence-electron chi connectivity index (χ1n) is 4.60. The van der Waals surface area contributed by atoms with Gasteiger partial charge in [0.2, 0.25) is 5.91 Å². The molecule has 1 aromatic rings. The molecule has 2 rings (SSSR count). The minimum atomic E-state index is -3.79. The Hall–Kier alpha value is -1.54. The molecule has 0 radical (unpaired) electrons. The highest BCUT2D eigenvalue weighted by Gasteiger charge is 2.21. The number of carbonyl (C=O) groups excluding carboxylic acids is 1. The van der Waals surface area contributed by atoms with Gasteiger partial charge < -0.3 is 11.1 Å². The third-order valence-corrected chi connectivity index (χ3v) is 4.25. The molecule has 0 aromatic heterocycles. The highest BCUT2D eigenvalue weighted by Crippen LogP contribution is 2.17. The predicted octanol–water partition coefficient (Wildman–Crippen LogP) is 0.176. The van der Waals surface area contributed by atoms with Crippen LogP contribution in [0.1, 0.15) is 0 Å². The number of thioether (sulfide) groups is 1. The molecule has 0 bridgehead atoms. The van der Waals surface area contributed by atoms with Crippen molar-refractivity contribution in [1.82, 2.24) is 5.32 Å². The maximum Gasteiger partial charge on any atom is 0.284 e. The highest BCUT2D eigenvalue weighted by molar-refractivity contribution is 8.15. The summed E-state index contributed by atoms with van der Waals surface area (Å²) in [6.45, 7) is 0. The fraction of sp³-hybridized carbons (Fsp3) is 0.111. The van der Waals surface area contributed by atoms with Crippen molar-refractivity contribution in [3.63, 3.8) is 0 Å². The number of sulfonamides is 1. The van der Waals surface area contributed by atoms with Crippen LogP contribution in [0.3, 0.4) is 0 Å². The number of hydrogen-bond donors (Lipinski definition) is 2. The van der Waals surface area contributed by atoms with Crippen LogP contribution in [0.25, 0.3) is 0 Å². The van der Waals surface area contributed by atoms with Gasteiger partial charge in [0.15, 0.2) is 5.17 Å². The van der Waals surface area contributed by atoms with E-state index < -0.39 is 10.0 Å². The lowest BCUT2D eigenvalue weighted by molar-refractivity contribution is -0.116. The number of anilines is 1. The topological polar surface area (TPSA) is 102 Å². The van der Waals surface area contributed by atoms with Crippen LogP contribution >= 0.6 is 11.8 Å². The fourth-order valence-corrected chi connectivity index (χ4v) is 3.06. The molecule has 17 heavy (non-hydrogen) atoms. The summed E-state index contributed by atoms with van der Waals surface area (Å²) in [7, 11) is -3.79. The number of rotatable bonds is 2. The number of nitrogens with one attached hydrogen (secondary N) is 1. The SMILES string of the molecule is Nc1ccc(S(=O)(=O)/N=C2/NC(=O)CS2)cc1.